The van der Waals surface area contributed by atoms with Crippen molar-refractivity contribution in [3.63, 3.8) is 0 Å². The highest BCUT2D eigenvalue weighted by Crippen LogP contribution is 2.45. The number of fused-ring (bicyclic) bond motifs is 2. The number of rotatable bonds is 9. The summed E-state index contributed by atoms with van der Waals surface area (Å²) in [7, 11) is 0. The van der Waals surface area contributed by atoms with Gasteiger partial charge in [0, 0.05) is 42.3 Å². The fourth-order valence-electron chi connectivity index (χ4n) is 5.20. The monoisotopic (exact) mass is 499 g/mol. The summed E-state index contributed by atoms with van der Waals surface area (Å²) < 4.78 is 6.20. The van der Waals surface area contributed by atoms with Gasteiger partial charge in [-0.2, -0.15) is 0 Å². The van der Waals surface area contributed by atoms with Crippen molar-refractivity contribution in [2.45, 2.75) is 77.4 Å². The first-order valence-corrected chi connectivity index (χ1v) is 12.4. The van der Waals surface area contributed by atoms with Crippen LogP contribution in [0.2, 0.25) is 10.0 Å². The van der Waals surface area contributed by atoms with Crippen molar-refractivity contribution in [2.75, 3.05) is 6.61 Å². The van der Waals surface area contributed by atoms with E-state index < -0.39 is 11.9 Å². The van der Waals surface area contributed by atoms with E-state index in [4.69, 9.17) is 38.2 Å². The molecule has 2 aliphatic heterocycles. The summed E-state index contributed by atoms with van der Waals surface area (Å²) in [4.78, 5) is 21.9. The summed E-state index contributed by atoms with van der Waals surface area (Å²) in [6, 6.07) is 7.66. The van der Waals surface area contributed by atoms with Gasteiger partial charge in [0.15, 0.2) is 0 Å². The molecule has 2 aliphatic rings. The Labute approximate surface area is 206 Å². The number of carboxylic acid groups (broad SMARTS) is 2. The van der Waals surface area contributed by atoms with Crippen molar-refractivity contribution in [1.82, 2.24) is 4.90 Å². The van der Waals surface area contributed by atoms with Gasteiger partial charge >= 0.3 is 11.9 Å². The van der Waals surface area contributed by atoms with Crippen molar-refractivity contribution in [3.8, 4) is 5.75 Å². The van der Waals surface area contributed by atoms with E-state index in [1.165, 1.54) is 38.5 Å². The van der Waals surface area contributed by atoms with Crippen LogP contribution in [0.4, 0.5) is 0 Å². The van der Waals surface area contributed by atoms with Gasteiger partial charge in [-0.05, 0) is 57.6 Å². The first-order valence-electron chi connectivity index (χ1n) is 11.6. The number of benzene rings is 1. The van der Waals surface area contributed by atoms with Crippen LogP contribution in [-0.4, -0.2) is 51.8 Å². The number of ether oxygens (including phenoxy) is 1. The molecular weight excluding hydrogens is 465 g/mol. The lowest BCUT2D eigenvalue weighted by atomic mass is 9.77. The largest absolute Gasteiger partial charge is 0.493 e. The zero-order valence-corrected chi connectivity index (χ0v) is 21.1. The molecule has 0 aromatic heterocycles. The number of carbonyl (C=O) groups is 2. The van der Waals surface area contributed by atoms with Crippen LogP contribution in [0.5, 0.6) is 5.75 Å². The van der Waals surface area contributed by atoms with Crippen molar-refractivity contribution in [2.24, 2.45) is 11.8 Å². The maximum Gasteiger partial charge on any atom is 0.328 e. The van der Waals surface area contributed by atoms with Crippen LogP contribution in [-0.2, 0) is 9.59 Å². The topological polar surface area (TPSA) is 87.1 Å². The van der Waals surface area contributed by atoms with Gasteiger partial charge in [-0.15, -0.1) is 0 Å². The molecule has 0 aliphatic carbocycles. The second-order valence-corrected chi connectivity index (χ2v) is 9.85. The standard InChI is InChI=1S/C21H31Cl2NO.C4H4O4/c1-4-5-6-15-11-16-7-10-21(24(16)14(2)3)18(15)13-25-17-8-9-19(22)20(23)12-17;5-3(6)1-2-4(7)8/h8-9,12,14-16,18,21H,4-7,10-11,13H2,1-3H3;1-2H,(H,5,6)(H,7,8)/b;2-1+/t15-,16?,18+,21?;/m0./s1. The Bertz CT molecular complexity index is 813. The van der Waals surface area contributed by atoms with Gasteiger partial charge in [0.1, 0.15) is 5.75 Å². The van der Waals surface area contributed by atoms with Gasteiger partial charge in [-0.1, -0.05) is 43.0 Å². The predicted molar refractivity (Wildman–Crippen MR) is 131 cm³/mol. The minimum absolute atomic E-state index is 0.558. The highest BCUT2D eigenvalue weighted by Gasteiger charge is 2.47. The SMILES string of the molecule is CCCC[C@H]1CC2CCC([C@@H]1COc1ccc(Cl)c(Cl)c1)N2C(C)C.O=C(O)/C=C/C(=O)O. The molecule has 1 aromatic carbocycles. The maximum absolute atomic E-state index is 9.55. The van der Waals surface area contributed by atoms with Crippen LogP contribution in [0.1, 0.15) is 59.3 Å². The summed E-state index contributed by atoms with van der Waals surface area (Å²) in [6.07, 6.45) is 9.07. The van der Waals surface area contributed by atoms with Crippen LogP contribution >= 0.6 is 23.2 Å². The van der Waals surface area contributed by atoms with E-state index >= 15 is 0 Å². The Hall–Kier alpha value is -1.76. The fraction of sp³-hybridized carbons (Fsp3) is 0.600. The number of hydrogen-bond donors (Lipinski definition) is 2. The van der Waals surface area contributed by atoms with Crippen LogP contribution in [0.3, 0.4) is 0 Å². The van der Waals surface area contributed by atoms with E-state index in [-0.39, 0.29) is 0 Å². The molecule has 184 valence electrons. The van der Waals surface area contributed by atoms with Crippen LogP contribution < -0.4 is 4.74 Å². The molecule has 6 nitrogen and oxygen atoms in total. The number of nitrogens with zero attached hydrogens (tertiary/aromatic N) is 1. The summed E-state index contributed by atoms with van der Waals surface area (Å²) in [5.74, 6) is -0.281. The van der Waals surface area contributed by atoms with Crippen molar-refractivity contribution in [1.29, 1.82) is 0 Å². The molecule has 3 rings (SSSR count). The molecular formula is C25H35Cl2NO5. The van der Waals surface area contributed by atoms with E-state index in [0.717, 1.165) is 24.3 Å². The molecule has 4 atom stereocenters. The number of aliphatic carboxylic acids is 2. The summed E-state index contributed by atoms with van der Waals surface area (Å²) >= 11 is 12.2. The number of piperidine rings is 1. The van der Waals surface area contributed by atoms with Gasteiger partial charge in [-0.3, -0.25) is 4.90 Å². The van der Waals surface area contributed by atoms with Crippen LogP contribution in [0, 0.1) is 11.8 Å². The van der Waals surface area contributed by atoms with E-state index in [1.54, 1.807) is 0 Å². The Kier molecular flexibility index (Phi) is 11.0. The smallest absolute Gasteiger partial charge is 0.328 e. The molecule has 2 heterocycles. The third kappa shape index (κ3) is 8.20. The van der Waals surface area contributed by atoms with Crippen LogP contribution in [0.15, 0.2) is 30.4 Å². The van der Waals surface area contributed by atoms with Gasteiger partial charge in [-0.25, -0.2) is 9.59 Å². The first-order chi connectivity index (χ1) is 15.6. The summed E-state index contributed by atoms with van der Waals surface area (Å²) in [5.41, 5.74) is 0. The first kappa shape index (κ1) is 27.5. The number of hydrogen-bond acceptors (Lipinski definition) is 4. The number of carboxylic acids is 2. The molecule has 0 radical (unpaired) electrons. The molecule has 8 heteroatoms. The Morgan fingerprint density at radius 1 is 1.15 bits per heavy atom. The molecule has 0 spiro atoms. The van der Waals surface area contributed by atoms with E-state index in [1.807, 2.05) is 18.2 Å². The highest BCUT2D eigenvalue weighted by atomic mass is 35.5. The zero-order chi connectivity index (χ0) is 24.5. The molecule has 33 heavy (non-hydrogen) atoms. The van der Waals surface area contributed by atoms with Gasteiger partial charge in [0.25, 0.3) is 0 Å². The Balaban J connectivity index is 0.000000414. The average molecular weight is 500 g/mol. The lowest BCUT2D eigenvalue weighted by Crippen LogP contribution is -2.53. The Morgan fingerprint density at radius 3 is 2.36 bits per heavy atom. The number of halogens is 2. The van der Waals surface area contributed by atoms with E-state index in [0.29, 0.717) is 40.2 Å². The highest BCUT2D eigenvalue weighted by molar-refractivity contribution is 6.42. The average Bonchev–Trinajstić information content (AvgIpc) is 3.09. The second kappa shape index (κ2) is 13.2. The third-order valence-corrected chi connectivity index (χ3v) is 7.24. The van der Waals surface area contributed by atoms with Crippen LogP contribution in [0.25, 0.3) is 0 Å². The minimum Gasteiger partial charge on any atom is -0.493 e. The fourth-order valence-corrected chi connectivity index (χ4v) is 5.48. The normalized spacial score (nSPS) is 24.5. The lowest BCUT2D eigenvalue weighted by molar-refractivity contribution is -0.134. The maximum atomic E-state index is 9.55. The molecule has 2 saturated heterocycles. The molecule has 2 unspecified atom stereocenters. The molecule has 2 fully saturated rings. The van der Waals surface area contributed by atoms with Gasteiger partial charge in [0.05, 0.1) is 16.7 Å². The number of unbranched alkanes of at least 4 members (excludes halogenated alkanes) is 1. The Morgan fingerprint density at radius 2 is 1.82 bits per heavy atom. The molecule has 2 N–H and O–H groups in total. The van der Waals surface area contributed by atoms with Gasteiger partial charge < -0.3 is 14.9 Å². The molecule has 0 saturated carbocycles. The third-order valence-electron chi connectivity index (χ3n) is 6.50. The summed E-state index contributed by atoms with van der Waals surface area (Å²) in [5, 5.41) is 16.8. The second-order valence-electron chi connectivity index (χ2n) is 9.04. The molecule has 0 amide bonds. The van der Waals surface area contributed by atoms with E-state index in [2.05, 4.69) is 25.7 Å². The van der Waals surface area contributed by atoms with Crippen molar-refractivity contribution in [3.05, 3.63) is 40.4 Å². The van der Waals surface area contributed by atoms with E-state index in [9.17, 15) is 9.59 Å². The van der Waals surface area contributed by atoms with Gasteiger partial charge in [0.2, 0.25) is 0 Å². The lowest BCUT2D eigenvalue weighted by Gasteiger charge is -2.46. The predicted octanol–water partition coefficient (Wildman–Crippen LogP) is 6.15. The zero-order valence-electron chi connectivity index (χ0n) is 19.5. The molecule has 2 bridgehead atoms. The quantitative estimate of drug-likeness (QED) is 0.396. The van der Waals surface area contributed by atoms with Crippen molar-refractivity contribution < 1.29 is 24.5 Å². The minimum atomic E-state index is -1.26. The summed E-state index contributed by atoms with van der Waals surface area (Å²) in [6.45, 7) is 7.76. The van der Waals surface area contributed by atoms with Crippen molar-refractivity contribution >= 4 is 35.1 Å². The molecule has 1 aromatic rings.